The van der Waals surface area contributed by atoms with Gasteiger partial charge in [0.2, 0.25) is 0 Å². The number of aromatic nitrogens is 4. The molecule has 2 aromatic rings. The number of amides is 2. The van der Waals surface area contributed by atoms with Crippen LogP contribution in [0.5, 0.6) is 0 Å². The van der Waals surface area contributed by atoms with Gasteiger partial charge in [-0.1, -0.05) is 0 Å². The average molecular weight is 276 g/mol. The van der Waals surface area contributed by atoms with Gasteiger partial charge in [0.25, 0.3) is 0 Å². The fraction of sp³-hybridized carbons (Fsp3) is 0.333. The molecule has 2 aromatic heterocycles. The van der Waals surface area contributed by atoms with E-state index in [0.717, 1.165) is 11.4 Å². The summed E-state index contributed by atoms with van der Waals surface area (Å²) in [6.45, 7) is 7.07. The average Bonchev–Trinajstić information content (AvgIpc) is 2.88. The Morgan fingerprint density at radius 2 is 1.20 bits per heavy atom. The molecule has 0 fully saturated rings. The van der Waals surface area contributed by atoms with E-state index in [9.17, 15) is 9.59 Å². The third-order valence-corrected chi connectivity index (χ3v) is 2.68. The molecule has 0 atom stereocenters. The van der Waals surface area contributed by atoms with Crippen molar-refractivity contribution in [2.75, 3.05) is 0 Å². The molecular formula is C12H16N6O2. The van der Waals surface area contributed by atoms with Crippen molar-refractivity contribution in [2.24, 2.45) is 0 Å². The molecule has 0 unspecified atom stereocenters. The summed E-state index contributed by atoms with van der Waals surface area (Å²) in [6, 6.07) is 2.46. The number of carbonyl (C=O) groups is 2. The van der Waals surface area contributed by atoms with Crippen molar-refractivity contribution in [3.8, 4) is 0 Å². The number of nitrogens with zero attached hydrogens (tertiary/aromatic N) is 4. The highest BCUT2D eigenvalue weighted by Gasteiger charge is 2.13. The number of aryl methyl sites for hydroxylation is 4. The Balaban J connectivity index is 2.02. The second-order valence-electron chi connectivity index (χ2n) is 4.54. The van der Waals surface area contributed by atoms with Gasteiger partial charge in [0.15, 0.2) is 0 Å². The number of hydrazine groups is 1. The van der Waals surface area contributed by atoms with Crippen molar-refractivity contribution in [1.82, 2.24) is 30.4 Å². The Hall–Kier alpha value is -2.64. The van der Waals surface area contributed by atoms with Crippen molar-refractivity contribution >= 4 is 12.1 Å². The summed E-state index contributed by atoms with van der Waals surface area (Å²) in [6.07, 6.45) is 0. The van der Waals surface area contributed by atoms with Crippen LogP contribution >= 0.6 is 0 Å². The summed E-state index contributed by atoms with van der Waals surface area (Å²) in [7, 11) is 0. The maximum Gasteiger partial charge on any atom is 0.361 e. The monoisotopic (exact) mass is 276 g/mol. The number of nitrogens with one attached hydrogen (secondary N) is 2. The van der Waals surface area contributed by atoms with E-state index < -0.39 is 12.1 Å². The molecule has 0 aliphatic rings. The molecular weight excluding hydrogens is 260 g/mol. The van der Waals surface area contributed by atoms with Crippen LogP contribution in [0.3, 0.4) is 0 Å². The summed E-state index contributed by atoms with van der Waals surface area (Å²) in [5.41, 5.74) is 7.39. The number of hydrogen-bond acceptors (Lipinski definition) is 4. The number of hydrogen-bond donors (Lipinski definition) is 2. The first-order valence-corrected chi connectivity index (χ1v) is 6.05. The molecule has 106 valence electrons. The lowest BCUT2D eigenvalue weighted by Crippen LogP contribution is -2.46. The van der Waals surface area contributed by atoms with Crippen LogP contribution in [0.15, 0.2) is 12.1 Å². The SMILES string of the molecule is Cc1cc(C)n(C(=O)NNC(=O)n2nc(C)cc2C)n1. The van der Waals surface area contributed by atoms with Crippen molar-refractivity contribution in [3.63, 3.8) is 0 Å². The van der Waals surface area contributed by atoms with E-state index in [1.54, 1.807) is 39.8 Å². The highest BCUT2D eigenvalue weighted by atomic mass is 16.2. The normalized spacial score (nSPS) is 10.4. The van der Waals surface area contributed by atoms with E-state index in [-0.39, 0.29) is 0 Å². The fourth-order valence-corrected chi connectivity index (χ4v) is 1.88. The molecule has 0 bridgehead atoms. The molecule has 8 nitrogen and oxygen atoms in total. The van der Waals surface area contributed by atoms with Gasteiger partial charge in [0.05, 0.1) is 11.4 Å². The lowest BCUT2D eigenvalue weighted by atomic mass is 10.4. The van der Waals surface area contributed by atoms with E-state index in [0.29, 0.717) is 11.4 Å². The topological polar surface area (TPSA) is 93.8 Å². The Labute approximate surface area is 115 Å². The van der Waals surface area contributed by atoms with Gasteiger partial charge in [-0.25, -0.2) is 20.4 Å². The van der Waals surface area contributed by atoms with E-state index in [1.165, 1.54) is 9.36 Å². The van der Waals surface area contributed by atoms with Gasteiger partial charge in [-0.2, -0.15) is 19.6 Å². The minimum atomic E-state index is -0.537. The highest BCUT2D eigenvalue weighted by Crippen LogP contribution is 2.01. The first-order valence-electron chi connectivity index (χ1n) is 6.05. The van der Waals surface area contributed by atoms with Crippen molar-refractivity contribution in [1.29, 1.82) is 0 Å². The summed E-state index contributed by atoms with van der Waals surface area (Å²) in [4.78, 5) is 23.7. The predicted octanol–water partition coefficient (Wildman–Crippen LogP) is 1.04. The molecule has 0 aliphatic heterocycles. The zero-order valence-electron chi connectivity index (χ0n) is 11.8. The van der Waals surface area contributed by atoms with Crippen LogP contribution < -0.4 is 10.9 Å². The van der Waals surface area contributed by atoms with E-state index in [4.69, 9.17) is 0 Å². The molecule has 0 saturated heterocycles. The molecule has 0 aliphatic carbocycles. The molecule has 2 heterocycles. The standard InChI is InChI=1S/C12H16N6O2/c1-7-5-9(3)17(15-7)11(19)13-14-12(20)18-10(4)6-8(2)16-18/h5-6H,1-4H3,(H,13,19)(H,14,20). The second kappa shape index (κ2) is 5.16. The highest BCUT2D eigenvalue weighted by molar-refractivity contribution is 5.82. The molecule has 2 amide bonds. The third kappa shape index (κ3) is 2.68. The Morgan fingerprint density at radius 1 is 0.850 bits per heavy atom. The molecule has 8 heteroatoms. The number of carbonyl (C=O) groups excluding carboxylic acids is 2. The summed E-state index contributed by atoms with van der Waals surface area (Å²) < 4.78 is 2.35. The van der Waals surface area contributed by atoms with Crippen molar-refractivity contribution in [2.45, 2.75) is 27.7 Å². The van der Waals surface area contributed by atoms with Gasteiger partial charge in [0.1, 0.15) is 0 Å². The van der Waals surface area contributed by atoms with Crippen molar-refractivity contribution < 1.29 is 9.59 Å². The van der Waals surface area contributed by atoms with Crippen LogP contribution in [-0.4, -0.2) is 31.6 Å². The predicted molar refractivity (Wildman–Crippen MR) is 71.3 cm³/mol. The quantitative estimate of drug-likeness (QED) is 0.703. The van der Waals surface area contributed by atoms with Gasteiger partial charge in [-0.3, -0.25) is 0 Å². The molecule has 2 N–H and O–H groups in total. The van der Waals surface area contributed by atoms with E-state index in [1.807, 2.05) is 0 Å². The zero-order valence-corrected chi connectivity index (χ0v) is 11.8. The van der Waals surface area contributed by atoms with Gasteiger partial charge >= 0.3 is 12.1 Å². The van der Waals surface area contributed by atoms with E-state index >= 15 is 0 Å². The molecule has 20 heavy (non-hydrogen) atoms. The Bertz CT molecular complexity index is 611. The number of rotatable bonds is 0. The largest absolute Gasteiger partial charge is 0.361 e. The van der Waals surface area contributed by atoms with Crippen LogP contribution in [0.1, 0.15) is 22.8 Å². The van der Waals surface area contributed by atoms with Crippen LogP contribution in [-0.2, 0) is 0 Å². The summed E-state index contributed by atoms with van der Waals surface area (Å²) >= 11 is 0. The summed E-state index contributed by atoms with van der Waals surface area (Å²) in [5.74, 6) is 0. The molecule has 0 radical (unpaired) electrons. The Kier molecular flexibility index (Phi) is 3.55. The first kappa shape index (κ1) is 13.8. The van der Waals surface area contributed by atoms with E-state index in [2.05, 4.69) is 21.0 Å². The van der Waals surface area contributed by atoms with Crippen LogP contribution in [0.4, 0.5) is 9.59 Å². The first-order chi connectivity index (χ1) is 9.38. The smallest absolute Gasteiger partial charge is 0.246 e. The molecule has 2 rings (SSSR count). The van der Waals surface area contributed by atoms with Gasteiger partial charge in [-0.05, 0) is 39.8 Å². The Morgan fingerprint density at radius 3 is 1.45 bits per heavy atom. The van der Waals surface area contributed by atoms with Gasteiger partial charge in [-0.15, -0.1) is 0 Å². The van der Waals surface area contributed by atoms with Crippen LogP contribution in [0.25, 0.3) is 0 Å². The van der Waals surface area contributed by atoms with Crippen LogP contribution in [0, 0.1) is 27.7 Å². The fourth-order valence-electron chi connectivity index (χ4n) is 1.88. The molecule has 0 saturated carbocycles. The van der Waals surface area contributed by atoms with Crippen molar-refractivity contribution in [3.05, 3.63) is 34.9 Å². The maximum absolute atomic E-state index is 11.8. The second-order valence-corrected chi connectivity index (χ2v) is 4.54. The lowest BCUT2D eigenvalue weighted by Gasteiger charge is -2.08. The molecule has 0 aromatic carbocycles. The van der Waals surface area contributed by atoms with Gasteiger partial charge in [0, 0.05) is 11.4 Å². The summed E-state index contributed by atoms with van der Waals surface area (Å²) in [5, 5.41) is 8.03. The van der Waals surface area contributed by atoms with Gasteiger partial charge < -0.3 is 0 Å². The molecule has 0 spiro atoms. The lowest BCUT2D eigenvalue weighted by molar-refractivity contribution is 0.222. The minimum absolute atomic E-state index is 0.537. The zero-order chi connectivity index (χ0) is 14.9. The third-order valence-electron chi connectivity index (χ3n) is 2.68. The maximum atomic E-state index is 11.8. The minimum Gasteiger partial charge on any atom is -0.246 e. The van der Waals surface area contributed by atoms with Crippen LogP contribution in [0.2, 0.25) is 0 Å².